The van der Waals surface area contributed by atoms with Crippen LogP contribution in [0.3, 0.4) is 0 Å². The van der Waals surface area contributed by atoms with E-state index in [2.05, 4.69) is 0 Å². The minimum Gasteiger partial charge on any atom is -0.329 e. The Bertz CT molecular complexity index is 468. The Morgan fingerprint density at radius 1 is 1.62 bits per heavy atom. The molecule has 1 amide bonds. The zero-order valence-electron chi connectivity index (χ0n) is 8.92. The molecule has 0 atom stereocenters. The maximum absolute atomic E-state index is 13.3. The Labute approximate surface area is 98.0 Å². The van der Waals surface area contributed by atoms with E-state index in [1.807, 2.05) is 0 Å². The lowest BCUT2D eigenvalue weighted by atomic mass is 10.1. The van der Waals surface area contributed by atoms with Gasteiger partial charge in [0.05, 0.1) is 0 Å². The van der Waals surface area contributed by atoms with E-state index in [-0.39, 0.29) is 12.4 Å². The third kappa shape index (κ3) is 2.71. The number of nitrogens with zero attached hydrogens (tertiary/aromatic N) is 2. The quantitative estimate of drug-likeness (QED) is 0.745. The first-order chi connectivity index (χ1) is 7.45. The molecule has 0 aliphatic carbocycles. The molecule has 0 aliphatic heterocycles. The maximum Gasteiger partial charge on any atom is 0.325 e. The van der Waals surface area contributed by atoms with Gasteiger partial charge in [0.15, 0.2) is 6.07 Å². The summed E-state index contributed by atoms with van der Waals surface area (Å²) in [5, 5.41) is 8.79. The molecule has 0 heterocycles. The first-order valence-corrected chi connectivity index (χ1v) is 4.93. The highest BCUT2D eigenvalue weighted by Crippen LogP contribution is 2.21. The van der Waals surface area contributed by atoms with Crippen LogP contribution in [-0.4, -0.2) is 17.9 Å². The Morgan fingerprint density at radius 2 is 2.25 bits per heavy atom. The molecule has 0 spiro atoms. The third-order valence-electron chi connectivity index (χ3n) is 2.18. The van der Waals surface area contributed by atoms with Crippen molar-refractivity contribution in [3.05, 3.63) is 34.1 Å². The fourth-order valence-electron chi connectivity index (χ4n) is 1.22. The van der Waals surface area contributed by atoms with E-state index < -0.39 is 5.91 Å². The van der Waals surface area contributed by atoms with Crippen LogP contribution >= 0.6 is 11.6 Å². The van der Waals surface area contributed by atoms with Crippen LogP contribution in [0, 0.1) is 24.1 Å². The van der Waals surface area contributed by atoms with Crippen LogP contribution in [0.4, 0.5) is 4.39 Å². The molecule has 0 saturated heterocycles. The van der Waals surface area contributed by atoms with Crippen molar-refractivity contribution in [3.63, 3.8) is 0 Å². The summed E-state index contributed by atoms with van der Waals surface area (Å²) in [5.41, 5.74) is 0.930. The van der Waals surface area contributed by atoms with Gasteiger partial charge in [0, 0.05) is 18.6 Å². The molecule has 0 aliphatic rings. The minimum atomic E-state index is -0.683. The topological polar surface area (TPSA) is 44.1 Å². The maximum atomic E-state index is 13.3. The summed E-state index contributed by atoms with van der Waals surface area (Å²) in [7, 11) is 1.46. The van der Waals surface area contributed by atoms with Crippen LogP contribution < -0.4 is 0 Å². The van der Waals surface area contributed by atoms with Crippen molar-refractivity contribution in [1.29, 1.82) is 5.26 Å². The van der Waals surface area contributed by atoms with Crippen LogP contribution in [0.5, 0.6) is 0 Å². The summed E-state index contributed by atoms with van der Waals surface area (Å²) in [5.74, 6) is -1.06. The van der Waals surface area contributed by atoms with Gasteiger partial charge in [0.1, 0.15) is 5.82 Å². The molecule has 1 aromatic carbocycles. The van der Waals surface area contributed by atoms with E-state index in [9.17, 15) is 9.18 Å². The van der Waals surface area contributed by atoms with E-state index in [4.69, 9.17) is 16.9 Å². The van der Waals surface area contributed by atoms with Gasteiger partial charge in [-0.15, -0.1) is 0 Å². The van der Waals surface area contributed by atoms with Crippen molar-refractivity contribution in [2.45, 2.75) is 13.5 Å². The Morgan fingerprint density at radius 3 is 2.81 bits per heavy atom. The number of aryl methyl sites for hydroxylation is 1. The van der Waals surface area contributed by atoms with Gasteiger partial charge in [-0.1, -0.05) is 11.6 Å². The largest absolute Gasteiger partial charge is 0.329 e. The van der Waals surface area contributed by atoms with E-state index >= 15 is 0 Å². The smallest absolute Gasteiger partial charge is 0.325 e. The lowest BCUT2D eigenvalue weighted by Gasteiger charge is -2.14. The van der Waals surface area contributed by atoms with Crippen LogP contribution in [0.2, 0.25) is 5.02 Å². The molecule has 84 valence electrons. The number of rotatable bonds is 2. The highest BCUT2D eigenvalue weighted by atomic mass is 35.5. The first kappa shape index (κ1) is 12.5. The zero-order valence-corrected chi connectivity index (χ0v) is 9.68. The van der Waals surface area contributed by atoms with Gasteiger partial charge >= 0.3 is 5.91 Å². The third-order valence-corrected chi connectivity index (χ3v) is 2.53. The van der Waals surface area contributed by atoms with Crippen LogP contribution in [0.15, 0.2) is 12.1 Å². The van der Waals surface area contributed by atoms with Crippen LogP contribution in [0.1, 0.15) is 11.1 Å². The Kier molecular flexibility index (Phi) is 3.86. The van der Waals surface area contributed by atoms with Gasteiger partial charge in [0.25, 0.3) is 0 Å². The van der Waals surface area contributed by atoms with Crippen molar-refractivity contribution in [3.8, 4) is 6.07 Å². The van der Waals surface area contributed by atoms with Crippen LogP contribution in [-0.2, 0) is 11.3 Å². The second-order valence-electron chi connectivity index (χ2n) is 3.47. The monoisotopic (exact) mass is 240 g/mol. The lowest BCUT2D eigenvalue weighted by molar-refractivity contribution is -0.124. The fourth-order valence-corrected chi connectivity index (χ4v) is 1.50. The predicted molar refractivity (Wildman–Crippen MR) is 58.2 cm³/mol. The molecule has 1 aromatic rings. The van der Waals surface area contributed by atoms with E-state index in [0.717, 1.165) is 0 Å². The van der Waals surface area contributed by atoms with Gasteiger partial charge in [0.2, 0.25) is 0 Å². The molecular weight excluding hydrogens is 231 g/mol. The normalized spacial score (nSPS) is 9.69. The molecule has 0 unspecified atom stereocenters. The van der Waals surface area contributed by atoms with Crippen molar-refractivity contribution < 1.29 is 9.18 Å². The zero-order chi connectivity index (χ0) is 12.3. The number of halogens is 2. The predicted octanol–water partition coefficient (Wildman–Crippen LogP) is 2.27. The number of hydrogen-bond acceptors (Lipinski definition) is 2. The van der Waals surface area contributed by atoms with Crippen molar-refractivity contribution in [2.24, 2.45) is 0 Å². The number of amides is 1. The summed E-state index contributed by atoms with van der Waals surface area (Å²) in [6.45, 7) is 1.72. The van der Waals surface area contributed by atoms with Gasteiger partial charge in [-0.2, -0.15) is 5.26 Å². The summed E-state index contributed by atoms with van der Waals surface area (Å²) in [4.78, 5) is 12.2. The molecular formula is C11H10ClFN2O. The van der Waals surface area contributed by atoms with Crippen molar-refractivity contribution in [2.75, 3.05) is 7.05 Å². The van der Waals surface area contributed by atoms with Crippen molar-refractivity contribution in [1.82, 2.24) is 4.90 Å². The Balaban J connectivity index is 2.95. The van der Waals surface area contributed by atoms with Gasteiger partial charge in [-0.05, 0) is 30.2 Å². The van der Waals surface area contributed by atoms with Crippen LogP contribution in [0.25, 0.3) is 0 Å². The molecule has 0 N–H and O–H groups in total. The molecule has 0 radical (unpaired) electrons. The molecule has 0 fully saturated rings. The molecule has 16 heavy (non-hydrogen) atoms. The minimum absolute atomic E-state index is 0.114. The number of carbonyl (C=O) groups excluding carboxylic acids is 1. The van der Waals surface area contributed by atoms with Crippen molar-refractivity contribution >= 4 is 17.5 Å². The SMILES string of the molecule is Cc1cc(Cl)c(CN(C)C(=O)C#N)cc1F. The van der Waals surface area contributed by atoms with E-state index in [1.54, 1.807) is 6.92 Å². The fraction of sp³-hybridized carbons (Fsp3) is 0.273. The molecule has 0 bridgehead atoms. The summed E-state index contributed by atoms with van der Waals surface area (Å²) in [6.07, 6.45) is 0. The summed E-state index contributed by atoms with van der Waals surface area (Å²) < 4.78 is 13.3. The average molecular weight is 241 g/mol. The van der Waals surface area contributed by atoms with E-state index in [1.165, 1.54) is 30.1 Å². The number of carbonyl (C=O) groups is 1. The summed E-state index contributed by atoms with van der Waals surface area (Å²) >= 11 is 5.91. The number of hydrogen-bond donors (Lipinski definition) is 0. The molecule has 5 heteroatoms. The lowest BCUT2D eigenvalue weighted by Crippen LogP contribution is -2.24. The second-order valence-corrected chi connectivity index (χ2v) is 3.87. The van der Waals surface area contributed by atoms with Gasteiger partial charge < -0.3 is 4.90 Å². The summed E-state index contributed by atoms with van der Waals surface area (Å²) in [6, 6.07) is 4.25. The highest BCUT2D eigenvalue weighted by Gasteiger charge is 2.11. The van der Waals surface area contributed by atoms with Gasteiger partial charge in [-0.3, -0.25) is 4.79 Å². The second kappa shape index (κ2) is 4.95. The molecule has 3 nitrogen and oxygen atoms in total. The van der Waals surface area contributed by atoms with E-state index in [0.29, 0.717) is 16.1 Å². The first-order valence-electron chi connectivity index (χ1n) is 4.55. The molecule has 0 saturated carbocycles. The number of nitriles is 1. The standard InChI is InChI=1S/C11H10ClFN2O/c1-7-3-9(12)8(4-10(7)13)6-15(2)11(16)5-14/h3-4H,6H2,1-2H3. The molecule has 1 rings (SSSR count). The molecule has 0 aromatic heterocycles. The highest BCUT2D eigenvalue weighted by molar-refractivity contribution is 6.31. The Hall–Kier alpha value is -1.60. The number of benzene rings is 1. The van der Waals surface area contributed by atoms with Gasteiger partial charge in [-0.25, -0.2) is 4.39 Å². The average Bonchev–Trinajstić information content (AvgIpc) is 2.24.